The Morgan fingerprint density at radius 1 is 1.12 bits per heavy atom. The number of hydrogen-bond donors (Lipinski definition) is 1. The number of carbonyl (C=O) groups excluding carboxylic acids is 1. The maximum absolute atomic E-state index is 13.0. The Hall–Kier alpha value is -3.52. The number of fused-ring (bicyclic) bond motifs is 1. The number of anilines is 2. The summed E-state index contributed by atoms with van der Waals surface area (Å²) in [4.78, 5) is 36.4. The van der Waals surface area contributed by atoms with E-state index < -0.39 is 0 Å². The van der Waals surface area contributed by atoms with Crippen LogP contribution < -0.4 is 15.8 Å². The first kappa shape index (κ1) is 21.7. The molecule has 2 aromatic heterocycles. The summed E-state index contributed by atoms with van der Waals surface area (Å²) in [7, 11) is 1.93. The lowest BCUT2D eigenvalue weighted by Gasteiger charge is -2.15. The molecule has 0 bridgehead atoms. The fourth-order valence-corrected chi connectivity index (χ4v) is 4.42. The Bertz CT molecular complexity index is 1300. The Labute approximate surface area is 190 Å². The molecule has 164 valence electrons. The van der Waals surface area contributed by atoms with Crippen LogP contribution >= 0.6 is 11.3 Å². The van der Waals surface area contributed by atoms with Gasteiger partial charge in [-0.05, 0) is 23.1 Å². The van der Waals surface area contributed by atoms with Crippen LogP contribution in [-0.4, -0.2) is 27.5 Å². The first-order valence-electron chi connectivity index (χ1n) is 10.4. The molecule has 0 saturated heterocycles. The highest BCUT2D eigenvalue weighted by molar-refractivity contribution is 7.22. The Balaban J connectivity index is 1.52. The molecule has 8 heteroatoms. The number of benzene rings is 2. The van der Waals surface area contributed by atoms with Gasteiger partial charge in [0.2, 0.25) is 5.91 Å². The summed E-state index contributed by atoms with van der Waals surface area (Å²) < 4.78 is 1.77. The molecule has 32 heavy (non-hydrogen) atoms. The van der Waals surface area contributed by atoms with Crippen molar-refractivity contribution < 1.29 is 4.79 Å². The van der Waals surface area contributed by atoms with Crippen molar-refractivity contribution in [2.24, 2.45) is 0 Å². The van der Waals surface area contributed by atoms with E-state index in [1.807, 2.05) is 66.5 Å². The first-order chi connectivity index (χ1) is 15.4. The molecular weight excluding hydrogens is 422 g/mol. The molecule has 4 aromatic rings. The summed E-state index contributed by atoms with van der Waals surface area (Å²) in [5.74, 6) is 0.00279. The van der Waals surface area contributed by atoms with Crippen LogP contribution in [0, 0.1) is 0 Å². The molecule has 0 aliphatic rings. The third-order valence-electron chi connectivity index (χ3n) is 5.13. The van der Waals surface area contributed by atoms with Gasteiger partial charge in [-0.15, -0.1) is 0 Å². The molecule has 1 N–H and O–H groups in total. The van der Waals surface area contributed by atoms with Gasteiger partial charge in [-0.3, -0.25) is 14.2 Å². The second-order valence-corrected chi connectivity index (χ2v) is 8.94. The summed E-state index contributed by atoms with van der Waals surface area (Å²) in [6, 6.07) is 17.7. The molecule has 0 radical (unpaired) electrons. The van der Waals surface area contributed by atoms with Crippen LogP contribution in [0.2, 0.25) is 0 Å². The second-order valence-electron chi connectivity index (χ2n) is 7.96. The number of para-hydroxylation sites is 1. The minimum atomic E-state index is -0.271. The number of amides is 1. The second kappa shape index (κ2) is 9.32. The van der Waals surface area contributed by atoms with E-state index in [9.17, 15) is 9.59 Å². The van der Waals surface area contributed by atoms with Gasteiger partial charge in [-0.2, -0.15) is 4.98 Å². The van der Waals surface area contributed by atoms with Crippen molar-refractivity contribution in [2.75, 3.05) is 17.3 Å². The third-order valence-corrected chi connectivity index (χ3v) is 6.28. The van der Waals surface area contributed by atoms with Crippen LogP contribution in [0.15, 0.2) is 65.7 Å². The number of nitrogens with zero attached hydrogens (tertiary/aromatic N) is 4. The molecule has 0 aliphatic heterocycles. The molecule has 7 nitrogen and oxygen atoms in total. The van der Waals surface area contributed by atoms with E-state index >= 15 is 0 Å². The van der Waals surface area contributed by atoms with Crippen LogP contribution in [0.5, 0.6) is 0 Å². The molecule has 0 saturated carbocycles. The molecule has 1 amide bonds. The van der Waals surface area contributed by atoms with Gasteiger partial charge in [0.05, 0.1) is 0 Å². The highest BCUT2D eigenvalue weighted by Crippen LogP contribution is 2.26. The predicted molar refractivity (Wildman–Crippen MR) is 129 cm³/mol. The molecular formula is C24H25N5O2S. The normalized spacial score (nSPS) is 11.1. The summed E-state index contributed by atoms with van der Waals surface area (Å²) in [5, 5.41) is 3.63. The molecule has 0 atom stereocenters. The number of aromatic nitrogens is 3. The van der Waals surface area contributed by atoms with Gasteiger partial charge in [0.1, 0.15) is 17.6 Å². The maximum atomic E-state index is 13.0. The highest BCUT2D eigenvalue weighted by atomic mass is 32.1. The number of hydrogen-bond acceptors (Lipinski definition) is 6. The van der Waals surface area contributed by atoms with E-state index in [0.717, 1.165) is 16.8 Å². The van der Waals surface area contributed by atoms with Crippen molar-refractivity contribution in [3.05, 3.63) is 82.4 Å². The van der Waals surface area contributed by atoms with Crippen molar-refractivity contribution in [1.82, 2.24) is 14.5 Å². The van der Waals surface area contributed by atoms with Gasteiger partial charge in [0, 0.05) is 19.3 Å². The van der Waals surface area contributed by atoms with E-state index in [1.54, 1.807) is 0 Å². The number of carbonyl (C=O) groups is 1. The topological polar surface area (TPSA) is 80.1 Å². The fraction of sp³-hybridized carbons (Fsp3) is 0.250. The van der Waals surface area contributed by atoms with Gasteiger partial charge in [-0.1, -0.05) is 73.7 Å². The summed E-state index contributed by atoms with van der Waals surface area (Å²) in [6.45, 7) is 4.71. The smallest absolute Gasteiger partial charge is 0.273 e. The van der Waals surface area contributed by atoms with Gasteiger partial charge in [0.25, 0.3) is 5.56 Å². The largest absolute Gasteiger partial charge is 0.347 e. The van der Waals surface area contributed by atoms with Crippen LogP contribution in [0.1, 0.15) is 30.9 Å². The lowest BCUT2D eigenvalue weighted by Crippen LogP contribution is -2.27. The third kappa shape index (κ3) is 4.70. The number of nitrogens with one attached hydrogen (secondary N) is 1. The van der Waals surface area contributed by atoms with E-state index in [1.165, 1.54) is 22.2 Å². The zero-order valence-corrected chi connectivity index (χ0v) is 19.1. The van der Waals surface area contributed by atoms with E-state index in [2.05, 4.69) is 29.1 Å². The van der Waals surface area contributed by atoms with Crippen molar-refractivity contribution >= 4 is 38.4 Å². The predicted octanol–water partition coefficient (Wildman–Crippen LogP) is 4.25. The van der Waals surface area contributed by atoms with Crippen molar-refractivity contribution in [2.45, 2.75) is 32.9 Å². The molecule has 0 spiro atoms. The summed E-state index contributed by atoms with van der Waals surface area (Å²) >= 11 is 1.29. The molecule has 4 rings (SSSR count). The van der Waals surface area contributed by atoms with Gasteiger partial charge in [-0.25, -0.2) is 4.98 Å². The molecule has 2 aromatic carbocycles. The molecule has 0 fully saturated rings. The average Bonchev–Trinajstić information content (AvgIpc) is 3.22. The zero-order chi connectivity index (χ0) is 22.7. The van der Waals surface area contributed by atoms with Crippen LogP contribution in [0.25, 0.3) is 10.3 Å². The van der Waals surface area contributed by atoms with Crippen LogP contribution in [0.4, 0.5) is 10.8 Å². The summed E-state index contributed by atoms with van der Waals surface area (Å²) in [6.07, 6.45) is 1.39. The average molecular weight is 448 g/mol. The lowest BCUT2D eigenvalue weighted by atomic mass is 10.0. The molecule has 2 heterocycles. The van der Waals surface area contributed by atoms with Crippen molar-refractivity contribution in [3.63, 3.8) is 0 Å². The standard InChI is InChI=1S/C24H25N5O2S/c1-16(2)18-11-7-8-12-19(18)26-20(30)14-29-15-25-22-21(23(29)31)32-24(27-22)28(3)13-17-9-5-4-6-10-17/h4-12,15-16H,13-14H2,1-3H3,(H,26,30). The minimum Gasteiger partial charge on any atom is -0.347 e. The molecule has 0 unspecified atom stereocenters. The monoisotopic (exact) mass is 447 g/mol. The fourth-order valence-electron chi connectivity index (χ4n) is 3.49. The van der Waals surface area contributed by atoms with E-state index in [-0.39, 0.29) is 23.9 Å². The van der Waals surface area contributed by atoms with E-state index in [0.29, 0.717) is 22.0 Å². The lowest BCUT2D eigenvalue weighted by molar-refractivity contribution is -0.116. The van der Waals surface area contributed by atoms with Crippen molar-refractivity contribution in [3.8, 4) is 0 Å². The number of thiazole rings is 1. The Kier molecular flexibility index (Phi) is 6.32. The van der Waals surface area contributed by atoms with Crippen molar-refractivity contribution in [1.29, 1.82) is 0 Å². The summed E-state index contributed by atoms with van der Waals surface area (Å²) in [5.41, 5.74) is 3.10. The minimum absolute atomic E-state index is 0.110. The van der Waals surface area contributed by atoms with Gasteiger partial charge < -0.3 is 10.2 Å². The highest BCUT2D eigenvalue weighted by Gasteiger charge is 2.16. The number of rotatable bonds is 7. The Morgan fingerprint density at radius 2 is 1.84 bits per heavy atom. The Morgan fingerprint density at radius 3 is 2.59 bits per heavy atom. The van der Waals surface area contributed by atoms with Gasteiger partial charge in [0.15, 0.2) is 10.8 Å². The van der Waals surface area contributed by atoms with Crippen LogP contribution in [0.3, 0.4) is 0 Å². The maximum Gasteiger partial charge on any atom is 0.273 e. The van der Waals surface area contributed by atoms with E-state index in [4.69, 9.17) is 0 Å². The van der Waals surface area contributed by atoms with Crippen LogP contribution in [-0.2, 0) is 17.9 Å². The zero-order valence-electron chi connectivity index (χ0n) is 18.3. The molecule has 0 aliphatic carbocycles. The first-order valence-corrected chi connectivity index (χ1v) is 11.2. The van der Waals surface area contributed by atoms with Gasteiger partial charge >= 0.3 is 0 Å². The SMILES string of the molecule is CC(C)c1ccccc1NC(=O)Cn1cnc2nc(N(C)Cc3ccccc3)sc2c1=O. The quantitative estimate of drug-likeness (QED) is 0.458.